The summed E-state index contributed by atoms with van der Waals surface area (Å²) in [5.74, 6) is 0. The van der Waals surface area contributed by atoms with Gasteiger partial charge < -0.3 is 14.7 Å². The molecule has 2 unspecified atom stereocenters. The van der Waals surface area contributed by atoms with Gasteiger partial charge in [-0.1, -0.05) is 0 Å². The minimum Gasteiger partial charge on any atom is -0.444 e. The zero-order valence-electron chi connectivity index (χ0n) is 9.99. The first kappa shape index (κ1) is 12.3. The van der Waals surface area contributed by atoms with Crippen LogP contribution >= 0.6 is 0 Å². The Bertz CT molecular complexity index is 234. The van der Waals surface area contributed by atoms with E-state index in [1.54, 1.807) is 4.90 Å². The number of aliphatic hydroxyl groups excluding tert-OH is 1. The number of rotatable bonds is 0. The molecule has 2 atom stereocenters. The molecule has 4 heteroatoms. The molecule has 0 aromatic rings. The number of ether oxygens (including phenoxy) is 1. The first-order valence-corrected chi connectivity index (χ1v) is 5.47. The molecule has 0 saturated carbocycles. The van der Waals surface area contributed by atoms with Gasteiger partial charge in [-0.05, 0) is 40.5 Å². The molecule has 15 heavy (non-hydrogen) atoms. The molecule has 1 heterocycles. The fraction of sp³-hybridized carbons (Fsp3) is 0.909. The molecule has 1 N–H and O–H groups in total. The van der Waals surface area contributed by atoms with E-state index in [2.05, 4.69) is 0 Å². The van der Waals surface area contributed by atoms with E-state index in [-0.39, 0.29) is 18.2 Å². The summed E-state index contributed by atoms with van der Waals surface area (Å²) in [6.45, 7) is 8.08. The van der Waals surface area contributed by atoms with E-state index in [0.717, 1.165) is 0 Å². The highest BCUT2D eigenvalue weighted by Crippen LogP contribution is 2.20. The summed E-state index contributed by atoms with van der Waals surface area (Å²) >= 11 is 0. The van der Waals surface area contributed by atoms with Gasteiger partial charge in [0.25, 0.3) is 0 Å². The van der Waals surface area contributed by atoms with Crippen molar-refractivity contribution in [3.8, 4) is 0 Å². The second kappa shape index (κ2) is 4.39. The molecule has 0 aromatic heterocycles. The third-order valence-corrected chi connectivity index (χ3v) is 2.48. The maximum Gasteiger partial charge on any atom is 0.410 e. The zero-order valence-corrected chi connectivity index (χ0v) is 9.99. The summed E-state index contributed by atoms with van der Waals surface area (Å²) < 4.78 is 5.29. The Labute approximate surface area is 91.2 Å². The predicted octanol–water partition coefficient (Wildman–Crippen LogP) is 1.77. The maximum absolute atomic E-state index is 11.8. The van der Waals surface area contributed by atoms with Gasteiger partial charge >= 0.3 is 6.09 Å². The summed E-state index contributed by atoms with van der Waals surface area (Å²) in [6.07, 6.45) is 0.726. The molecule has 0 aromatic carbocycles. The zero-order chi connectivity index (χ0) is 11.6. The molecule has 1 saturated heterocycles. The molecule has 0 aliphatic carbocycles. The van der Waals surface area contributed by atoms with E-state index in [4.69, 9.17) is 4.74 Å². The Kier molecular flexibility index (Phi) is 3.60. The average molecular weight is 215 g/mol. The number of carbonyl (C=O) groups excluding carboxylic acids is 1. The van der Waals surface area contributed by atoms with E-state index < -0.39 is 5.60 Å². The van der Waals surface area contributed by atoms with Crippen LogP contribution < -0.4 is 0 Å². The van der Waals surface area contributed by atoms with Crippen LogP contribution in [-0.4, -0.2) is 40.4 Å². The van der Waals surface area contributed by atoms with Crippen LogP contribution in [0.4, 0.5) is 4.79 Å². The van der Waals surface area contributed by atoms with E-state index in [9.17, 15) is 9.90 Å². The van der Waals surface area contributed by atoms with Gasteiger partial charge in [0.05, 0.1) is 6.10 Å². The lowest BCUT2D eigenvalue weighted by Gasteiger charge is -2.36. The lowest BCUT2D eigenvalue weighted by atomic mass is 10.0. The fourth-order valence-corrected chi connectivity index (χ4v) is 1.74. The Morgan fingerprint density at radius 1 is 1.47 bits per heavy atom. The molecular formula is C11H21NO3. The lowest BCUT2D eigenvalue weighted by Crippen LogP contribution is -2.47. The van der Waals surface area contributed by atoms with Gasteiger partial charge in [0, 0.05) is 12.6 Å². The number of hydrogen-bond donors (Lipinski definition) is 1. The molecule has 0 radical (unpaired) electrons. The van der Waals surface area contributed by atoms with Gasteiger partial charge in [-0.2, -0.15) is 0 Å². The smallest absolute Gasteiger partial charge is 0.410 e. The maximum atomic E-state index is 11.8. The average Bonchev–Trinajstić information content (AvgIpc) is 1.99. The summed E-state index contributed by atoms with van der Waals surface area (Å²) in [5, 5.41) is 9.43. The number of nitrogens with zero attached hydrogens (tertiary/aromatic N) is 1. The summed E-state index contributed by atoms with van der Waals surface area (Å²) in [7, 11) is 0. The highest BCUT2D eigenvalue weighted by Gasteiger charge is 2.30. The first-order valence-electron chi connectivity index (χ1n) is 5.47. The van der Waals surface area contributed by atoms with Crippen LogP contribution in [0, 0.1) is 0 Å². The van der Waals surface area contributed by atoms with E-state index in [1.807, 2.05) is 27.7 Å². The SMILES string of the molecule is CC1CC(O)CCN1C(=O)OC(C)(C)C. The molecule has 1 fully saturated rings. The van der Waals surface area contributed by atoms with Gasteiger partial charge in [-0.15, -0.1) is 0 Å². The van der Waals surface area contributed by atoms with Crippen molar-refractivity contribution >= 4 is 6.09 Å². The normalized spacial score (nSPS) is 27.7. The number of aliphatic hydroxyl groups is 1. The molecule has 1 aliphatic heterocycles. The van der Waals surface area contributed by atoms with Crippen molar-refractivity contribution in [3.05, 3.63) is 0 Å². The Morgan fingerprint density at radius 2 is 2.07 bits per heavy atom. The topological polar surface area (TPSA) is 49.8 Å². The highest BCUT2D eigenvalue weighted by molar-refractivity contribution is 5.68. The molecule has 4 nitrogen and oxygen atoms in total. The monoisotopic (exact) mass is 215 g/mol. The summed E-state index contributed by atoms with van der Waals surface area (Å²) in [4.78, 5) is 13.4. The van der Waals surface area contributed by atoms with Crippen LogP contribution in [0.15, 0.2) is 0 Å². The quantitative estimate of drug-likeness (QED) is 0.670. The van der Waals surface area contributed by atoms with Crippen LogP contribution in [0.1, 0.15) is 40.5 Å². The van der Waals surface area contributed by atoms with E-state index >= 15 is 0 Å². The number of carbonyl (C=O) groups is 1. The largest absolute Gasteiger partial charge is 0.444 e. The minimum atomic E-state index is -0.452. The van der Waals surface area contributed by atoms with Crippen molar-refractivity contribution in [1.82, 2.24) is 4.90 Å². The van der Waals surface area contributed by atoms with Crippen molar-refractivity contribution in [2.24, 2.45) is 0 Å². The Morgan fingerprint density at radius 3 is 2.53 bits per heavy atom. The van der Waals surface area contributed by atoms with E-state index in [1.165, 1.54) is 0 Å². The number of piperidine rings is 1. The fourth-order valence-electron chi connectivity index (χ4n) is 1.74. The summed E-state index contributed by atoms with van der Waals surface area (Å²) in [6, 6.07) is 0.0589. The standard InChI is InChI=1S/C11H21NO3/c1-8-7-9(13)5-6-12(8)10(14)15-11(2,3)4/h8-9,13H,5-7H2,1-4H3. The van der Waals surface area contributed by atoms with Gasteiger partial charge in [0.1, 0.15) is 5.60 Å². The lowest BCUT2D eigenvalue weighted by molar-refractivity contribution is -0.00456. The second-order valence-corrected chi connectivity index (χ2v) is 5.20. The molecular weight excluding hydrogens is 194 g/mol. The van der Waals surface area contributed by atoms with Crippen molar-refractivity contribution in [2.75, 3.05) is 6.54 Å². The van der Waals surface area contributed by atoms with Crippen LogP contribution in [-0.2, 0) is 4.74 Å². The molecule has 1 amide bonds. The molecule has 0 bridgehead atoms. The predicted molar refractivity (Wildman–Crippen MR) is 57.6 cm³/mol. The second-order valence-electron chi connectivity index (χ2n) is 5.20. The number of amides is 1. The molecule has 0 spiro atoms. The van der Waals surface area contributed by atoms with E-state index in [0.29, 0.717) is 19.4 Å². The van der Waals surface area contributed by atoms with Crippen LogP contribution in [0.2, 0.25) is 0 Å². The van der Waals surface area contributed by atoms with Crippen molar-refractivity contribution in [1.29, 1.82) is 0 Å². The molecule has 1 rings (SSSR count). The summed E-state index contributed by atoms with van der Waals surface area (Å²) in [5.41, 5.74) is -0.452. The van der Waals surface area contributed by atoms with Crippen LogP contribution in [0.5, 0.6) is 0 Å². The van der Waals surface area contributed by atoms with Gasteiger partial charge in [-0.3, -0.25) is 0 Å². The highest BCUT2D eigenvalue weighted by atomic mass is 16.6. The molecule has 88 valence electrons. The third kappa shape index (κ3) is 3.70. The van der Waals surface area contributed by atoms with Crippen molar-refractivity contribution in [2.45, 2.75) is 58.3 Å². The van der Waals surface area contributed by atoms with Crippen molar-refractivity contribution < 1.29 is 14.6 Å². The Balaban J connectivity index is 2.53. The number of hydrogen-bond acceptors (Lipinski definition) is 3. The van der Waals surface area contributed by atoms with Crippen LogP contribution in [0.3, 0.4) is 0 Å². The van der Waals surface area contributed by atoms with Gasteiger partial charge in [-0.25, -0.2) is 4.79 Å². The van der Waals surface area contributed by atoms with Gasteiger partial charge in [0.2, 0.25) is 0 Å². The molecule has 1 aliphatic rings. The Hall–Kier alpha value is -0.770. The van der Waals surface area contributed by atoms with Crippen molar-refractivity contribution in [3.63, 3.8) is 0 Å². The number of likely N-dealkylation sites (tertiary alicyclic amines) is 1. The van der Waals surface area contributed by atoms with Crippen LogP contribution in [0.25, 0.3) is 0 Å². The first-order chi connectivity index (χ1) is 6.79. The van der Waals surface area contributed by atoms with Gasteiger partial charge in [0.15, 0.2) is 0 Å². The minimum absolute atomic E-state index is 0.0589. The third-order valence-electron chi connectivity index (χ3n) is 2.48.